The lowest BCUT2D eigenvalue weighted by Crippen LogP contribution is -2.23. The van der Waals surface area contributed by atoms with Crippen LogP contribution in [0, 0.1) is 4.91 Å². The van der Waals surface area contributed by atoms with Crippen LogP contribution in [0.4, 0.5) is 11.5 Å². The highest BCUT2D eigenvalue weighted by Crippen LogP contribution is 2.27. The molecule has 1 aliphatic rings. The molecule has 0 atom stereocenters. The second-order valence-electron chi connectivity index (χ2n) is 4.88. The fourth-order valence-electron chi connectivity index (χ4n) is 2.40. The molecule has 0 bridgehead atoms. The third-order valence-corrected chi connectivity index (χ3v) is 3.42. The molecule has 0 unspecified atom stereocenters. The number of anilines is 1. The van der Waals surface area contributed by atoms with Gasteiger partial charge >= 0.3 is 5.97 Å². The minimum atomic E-state index is -0.492. The number of nitroso groups, excluding NO2 is 1. The van der Waals surface area contributed by atoms with Crippen LogP contribution in [0.1, 0.15) is 49.4 Å². The number of pyridine rings is 1. The van der Waals surface area contributed by atoms with Gasteiger partial charge in [-0.15, -0.1) is 4.91 Å². The van der Waals surface area contributed by atoms with Crippen molar-refractivity contribution in [3.8, 4) is 0 Å². The van der Waals surface area contributed by atoms with Crippen LogP contribution in [0.15, 0.2) is 17.4 Å². The largest absolute Gasteiger partial charge is 0.462 e. The van der Waals surface area contributed by atoms with Gasteiger partial charge in [-0.2, -0.15) is 0 Å². The highest BCUT2D eigenvalue weighted by Gasteiger charge is 2.17. The van der Waals surface area contributed by atoms with E-state index in [0.29, 0.717) is 11.9 Å². The van der Waals surface area contributed by atoms with E-state index in [-0.39, 0.29) is 17.9 Å². The summed E-state index contributed by atoms with van der Waals surface area (Å²) in [5, 5.41) is 6.20. The molecule has 1 heterocycles. The average molecular weight is 277 g/mol. The van der Waals surface area contributed by atoms with Crippen LogP contribution >= 0.6 is 0 Å². The molecule has 0 amide bonds. The van der Waals surface area contributed by atoms with E-state index in [4.69, 9.17) is 4.74 Å². The first kappa shape index (κ1) is 14.4. The third kappa shape index (κ3) is 3.53. The predicted octanol–water partition coefficient (Wildman–Crippen LogP) is 3.40. The quantitative estimate of drug-likeness (QED) is 0.659. The van der Waals surface area contributed by atoms with E-state index in [1.807, 2.05) is 0 Å². The topological polar surface area (TPSA) is 80.7 Å². The van der Waals surface area contributed by atoms with Gasteiger partial charge < -0.3 is 10.1 Å². The van der Waals surface area contributed by atoms with Crippen LogP contribution in [0.2, 0.25) is 0 Å². The summed E-state index contributed by atoms with van der Waals surface area (Å²) in [5.74, 6) is -0.0472. The molecule has 0 spiro atoms. The molecule has 1 aromatic rings. The summed E-state index contributed by atoms with van der Waals surface area (Å²) in [5.41, 5.74) is 0.400. The van der Waals surface area contributed by atoms with Gasteiger partial charge in [-0.1, -0.05) is 19.3 Å². The van der Waals surface area contributed by atoms with Crippen LogP contribution in [-0.2, 0) is 4.74 Å². The van der Waals surface area contributed by atoms with Crippen molar-refractivity contribution >= 4 is 17.5 Å². The number of ether oxygens (including phenoxy) is 1. The maximum Gasteiger partial charge on any atom is 0.339 e. The maximum absolute atomic E-state index is 11.6. The standard InChI is InChI=1S/C14H19N3O3/c1-2-20-14(18)10-8-12(17-19)13(15-9-10)16-11-6-4-3-5-7-11/h8-9,11H,2-7H2,1H3,(H,15,16). The third-order valence-electron chi connectivity index (χ3n) is 3.42. The number of carbonyl (C=O) groups is 1. The van der Waals surface area contributed by atoms with Crippen molar-refractivity contribution in [1.29, 1.82) is 0 Å². The number of hydrogen-bond acceptors (Lipinski definition) is 6. The fraction of sp³-hybridized carbons (Fsp3) is 0.571. The lowest BCUT2D eigenvalue weighted by atomic mass is 9.95. The van der Waals surface area contributed by atoms with Gasteiger partial charge in [0.25, 0.3) is 0 Å². The number of aromatic nitrogens is 1. The highest BCUT2D eigenvalue weighted by molar-refractivity contribution is 5.90. The van der Waals surface area contributed by atoms with Crippen LogP contribution in [-0.4, -0.2) is 23.6 Å². The summed E-state index contributed by atoms with van der Waals surface area (Å²) in [6.07, 6.45) is 7.17. The predicted molar refractivity (Wildman–Crippen MR) is 76.1 cm³/mol. The highest BCUT2D eigenvalue weighted by atomic mass is 16.5. The van der Waals surface area contributed by atoms with Crippen molar-refractivity contribution in [2.45, 2.75) is 45.1 Å². The summed E-state index contributed by atoms with van der Waals surface area (Å²) in [7, 11) is 0. The van der Waals surface area contributed by atoms with Crippen molar-refractivity contribution in [1.82, 2.24) is 4.98 Å². The van der Waals surface area contributed by atoms with Gasteiger partial charge in [0, 0.05) is 12.2 Å². The monoisotopic (exact) mass is 277 g/mol. The molecule has 20 heavy (non-hydrogen) atoms. The Balaban J connectivity index is 2.12. The first-order chi connectivity index (χ1) is 9.74. The van der Waals surface area contributed by atoms with E-state index in [2.05, 4.69) is 15.5 Å². The Morgan fingerprint density at radius 2 is 2.20 bits per heavy atom. The summed E-state index contributed by atoms with van der Waals surface area (Å²) < 4.78 is 4.87. The molecule has 6 heteroatoms. The first-order valence-electron chi connectivity index (χ1n) is 7.01. The molecule has 0 radical (unpaired) electrons. The number of nitrogens with one attached hydrogen (secondary N) is 1. The Kier molecular flexibility index (Phi) is 5.03. The Morgan fingerprint density at radius 3 is 2.85 bits per heavy atom. The summed E-state index contributed by atoms with van der Waals surface area (Å²) in [6, 6.07) is 1.74. The van der Waals surface area contributed by atoms with Gasteiger partial charge in [-0.3, -0.25) is 0 Å². The van der Waals surface area contributed by atoms with Gasteiger partial charge in [0.1, 0.15) is 0 Å². The van der Waals surface area contributed by atoms with Crippen molar-refractivity contribution in [3.63, 3.8) is 0 Å². The van der Waals surface area contributed by atoms with Crippen molar-refractivity contribution < 1.29 is 9.53 Å². The lowest BCUT2D eigenvalue weighted by Gasteiger charge is -2.23. The summed E-state index contributed by atoms with van der Waals surface area (Å²) >= 11 is 0. The molecule has 0 saturated heterocycles. The Hall–Kier alpha value is -1.98. The summed E-state index contributed by atoms with van der Waals surface area (Å²) in [6.45, 7) is 2.01. The van der Waals surface area contributed by atoms with E-state index in [1.165, 1.54) is 31.5 Å². The van der Waals surface area contributed by atoms with Crippen LogP contribution in [0.5, 0.6) is 0 Å². The number of carbonyl (C=O) groups excluding carboxylic acids is 1. The molecule has 2 rings (SSSR count). The SMILES string of the molecule is CCOC(=O)c1cnc(NC2CCCCC2)c(N=O)c1. The zero-order valence-corrected chi connectivity index (χ0v) is 11.6. The molecule has 1 fully saturated rings. The minimum Gasteiger partial charge on any atom is -0.462 e. The zero-order chi connectivity index (χ0) is 14.4. The molecule has 0 aromatic carbocycles. The van der Waals surface area contributed by atoms with Crippen molar-refractivity contribution in [2.24, 2.45) is 5.18 Å². The summed E-state index contributed by atoms with van der Waals surface area (Å²) in [4.78, 5) is 26.6. The van der Waals surface area contributed by atoms with Gasteiger partial charge in [0.2, 0.25) is 0 Å². The second-order valence-corrected chi connectivity index (χ2v) is 4.88. The van der Waals surface area contributed by atoms with Crippen molar-refractivity contribution in [2.75, 3.05) is 11.9 Å². The molecule has 1 aliphatic carbocycles. The minimum absolute atomic E-state index is 0.154. The number of nitrogens with zero attached hydrogens (tertiary/aromatic N) is 2. The van der Waals surface area contributed by atoms with E-state index in [1.54, 1.807) is 6.92 Å². The number of hydrogen-bond donors (Lipinski definition) is 1. The van der Waals surface area contributed by atoms with E-state index >= 15 is 0 Å². The molecular weight excluding hydrogens is 258 g/mol. The maximum atomic E-state index is 11.6. The van der Waals surface area contributed by atoms with E-state index in [9.17, 15) is 9.70 Å². The molecule has 108 valence electrons. The molecule has 6 nitrogen and oxygen atoms in total. The van der Waals surface area contributed by atoms with E-state index in [0.717, 1.165) is 12.8 Å². The molecule has 1 saturated carbocycles. The van der Waals surface area contributed by atoms with Crippen LogP contribution in [0.25, 0.3) is 0 Å². The van der Waals surface area contributed by atoms with E-state index < -0.39 is 5.97 Å². The Labute approximate surface area is 117 Å². The molecular formula is C14H19N3O3. The number of esters is 1. The van der Waals surface area contributed by atoms with Crippen LogP contribution < -0.4 is 5.32 Å². The Morgan fingerprint density at radius 1 is 1.45 bits per heavy atom. The Bertz CT molecular complexity index is 485. The smallest absolute Gasteiger partial charge is 0.339 e. The van der Waals surface area contributed by atoms with Gasteiger partial charge in [-0.25, -0.2) is 9.78 Å². The van der Waals surface area contributed by atoms with Gasteiger partial charge in [0.05, 0.1) is 12.2 Å². The molecule has 1 N–H and O–H groups in total. The van der Waals surface area contributed by atoms with Crippen LogP contribution in [0.3, 0.4) is 0 Å². The lowest BCUT2D eigenvalue weighted by molar-refractivity contribution is 0.0526. The second kappa shape index (κ2) is 6.98. The molecule has 1 aromatic heterocycles. The molecule has 0 aliphatic heterocycles. The van der Waals surface area contributed by atoms with Gasteiger partial charge in [0.15, 0.2) is 11.5 Å². The number of rotatable bonds is 5. The fourth-order valence-corrected chi connectivity index (χ4v) is 2.40. The first-order valence-corrected chi connectivity index (χ1v) is 7.01. The van der Waals surface area contributed by atoms with Crippen molar-refractivity contribution in [3.05, 3.63) is 22.7 Å². The van der Waals surface area contributed by atoms with Gasteiger partial charge in [-0.05, 0) is 31.0 Å². The zero-order valence-electron chi connectivity index (χ0n) is 11.6. The average Bonchev–Trinajstić information content (AvgIpc) is 2.49. The normalized spacial score (nSPS) is 15.7.